The van der Waals surface area contributed by atoms with Crippen LogP contribution in [0.15, 0.2) is 18.2 Å². The summed E-state index contributed by atoms with van der Waals surface area (Å²) >= 11 is 0. The maximum atomic E-state index is 12.8. The van der Waals surface area contributed by atoms with Crippen molar-refractivity contribution in [3.8, 4) is 5.75 Å². The first-order valence-corrected chi connectivity index (χ1v) is 10.0. The van der Waals surface area contributed by atoms with Crippen LogP contribution in [0.3, 0.4) is 0 Å². The number of carbonyl (C=O) groups is 4. The number of ketones is 1. The van der Waals surface area contributed by atoms with Gasteiger partial charge in [-0.05, 0) is 31.5 Å². The summed E-state index contributed by atoms with van der Waals surface area (Å²) in [6, 6.07) is 5.02. The van der Waals surface area contributed by atoms with Crippen molar-refractivity contribution in [2.45, 2.75) is 39.7 Å². The lowest BCUT2D eigenvalue weighted by molar-refractivity contribution is -0.138. The number of benzene rings is 1. The number of nitrogens with zero attached hydrogens (tertiary/aromatic N) is 3. The van der Waals surface area contributed by atoms with E-state index in [4.69, 9.17) is 4.74 Å². The third kappa shape index (κ3) is 4.41. The van der Waals surface area contributed by atoms with E-state index in [1.807, 2.05) is 6.92 Å². The van der Waals surface area contributed by atoms with E-state index in [2.05, 4.69) is 0 Å². The fourth-order valence-corrected chi connectivity index (χ4v) is 3.62. The average molecular weight is 401 g/mol. The summed E-state index contributed by atoms with van der Waals surface area (Å²) < 4.78 is 5.66. The van der Waals surface area contributed by atoms with Crippen molar-refractivity contribution in [3.05, 3.63) is 23.8 Å². The number of fused-ring (bicyclic) bond motifs is 1. The smallest absolute Gasteiger partial charge is 0.268 e. The third-order valence-corrected chi connectivity index (χ3v) is 5.34. The van der Waals surface area contributed by atoms with Crippen LogP contribution >= 0.6 is 0 Å². The first-order chi connectivity index (χ1) is 13.8. The highest BCUT2D eigenvalue weighted by molar-refractivity contribution is 6.05. The number of carbonyl (C=O) groups excluding carboxylic acids is 4. The molecule has 1 saturated heterocycles. The summed E-state index contributed by atoms with van der Waals surface area (Å²) in [6.45, 7) is 6.82. The zero-order valence-corrected chi connectivity index (χ0v) is 17.1. The molecule has 1 unspecified atom stereocenters. The van der Waals surface area contributed by atoms with Crippen molar-refractivity contribution in [2.75, 3.05) is 37.6 Å². The molecule has 29 heavy (non-hydrogen) atoms. The third-order valence-electron chi connectivity index (χ3n) is 5.34. The fourth-order valence-electron chi connectivity index (χ4n) is 3.62. The molecule has 2 heterocycles. The second-order valence-corrected chi connectivity index (χ2v) is 7.43. The number of Topliss-reactive ketones (excluding diaryl/α,β-unsaturated/α-hetero) is 1. The molecule has 3 rings (SSSR count). The standard InChI is InChI=1S/C21H27N3O5/c1-4-5-18(26)16-6-7-19-17(12-16)24(21(28)14(2)29-19)13-20(27)23-10-8-22(9-11-23)15(3)25/h6-7,12,14H,4-5,8-11,13H2,1-3H3. The lowest BCUT2D eigenvalue weighted by Gasteiger charge is -2.37. The van der Waals surface area contributed by atoms with E-state index in [1.54, 1.807) is 34.9 Å². The van der Waals surface area contributed by atoms with Gasteiger partial charge in [-0.15, -0.1) is 0 Å². The first kappa shape index (κ1) is 20.8. The number of anilines is 1. The number of piperazine rings is 1. The summed E-state index contributed by atoms with van der Waals surface area (Å²) in [5.41, 5.74) is 0.954. The minimum atomic E-state index is -0.706. The molecule has 0 bridgehead atoms. The van der Waals surface area contributed by atoms with E-state index in [1.165, 1.54) is 11.8 Å². The van der Waals surface area contributed by atoms with Crippen molar-refractivity contribution in [1.29, 1.82) is 0 Å². The van der Waals surface area contributed by atoms with E-state index in [0.29, 0.717) is 49.6 Å². The molecule has 1 aromatic rings. The van der Waals surface area contributed by atoms with Crippen molar-refractivity contribution in [2.24, 2.45) is 0 Å². The summed E-state index contributed by atoms with van der Waals surface area (Å²) in [7, 11) is 0. The molecule has 0 N–H and O–H groups in total. The van der Waals surface area contributed by atoms with Crippen LogP contribution in [-0.2, 0) is 14.4 Å². The molecular weight excluding hydrogens is 374 g/mol. The van der Waals surface area contributed by atoms with Crippen LogP contribution in [0.25, 0.3) is 0 Å². The lowest BCUT2D eigenvalue weighted by Crippen LogP contribution is -2.54. The van der Waals surface area contributed by atoms with Gasteiger partial charge in [0.25, 0.3) is 5.91 Å². The Balaban J connectivity index is 1.79. The van der Waals surface area contributed by atoms with Gasteiger partial charge in [-0.3, -0.25) is 24.1 Å². The Morgan fingerprint density at radius 2 is 1.76 bits per heavy atom. The SMILES string of the molecule is CCCC(=O)c1ccc2c(c1)N(CC(=O)N1CCN(C(C)=O)CC1)C(=O)C(C)O2. The lowest BCUT2D eigenvalue weighted by atomic mass is 10.0. The molecule has 0 aliphatic carbocycles. The van der Waals surface area contributed by atoms with Crippen LogP contribution in [0.2, 0.25) is 0 Å². The number of amides is 3. The highest BCUT2D eigenvalue weighted by atomic mass is 16.5. The Morgan fingerprint density at radius 3 is 2.38 bits per heavy atom. The van der Waals surface area contributed by atoms with Gasteiger partial charge in [0.1, 0.15) is 12.3 Å². The van der Waals surface area contributed by atoms with Gasteiger partial charge in [0.05, 0.1) is 5.69 Å². The maximum Gasteiger partial charge on any atom is 0.268 e. The van der Waals surface area contributed by atoms with Gasteiger partial charge in [-0.1, -0.05) is 6.92 Å². The van der Waals surface area contributed by atoms with Crippen molar-refractivity contribution >= 4 is 29.2 Å². The molecule has 8 nitrogen and oxygen atoms in total. The normalized spacial score (nSPS) is 18.9. The number of hydrogen-bond donors (Lipinski definition) is 0. The van der Waals surface area contributed by atoms with Crippen LogP contribution in [0.1, 0.15) is 44.0 Å². The molecule has 3 amide bonds. The molecule has 156 valence electrons. The van der Waals surface area contributed by atoms with Crippen molar-refractivity contribution in [1.82, 2.24) is 9.80 Å². The van der Waals surface area contributed by atoms with Crippen LogP contribution in [0.5, 0.6) is 5.75 Å². The van der Waals surface area contributed by atoms with Gasteiger partial charge in [0, 0.05) is 45.1 Å². The first-order valence-electron chi connectivity index (χ1n) is 10.0. The molecule has 0 saturated carbocycles. The molecule has 0 spiro atoms. The van der Waals surface area contributed by atoms with Gasteiger partial charge in [-0.25, -0.2) is 0 Å². The Labute approximate surface area is 170 Å². The highest BCUT2D eigenvalue weighted by Crippen LogP contribution is 2.35. The quantitative estimate of drug-likeness (QED) is 0.698. The largest absolute Gasteiger partial charge is 0.479 e. The molecule has 0 aromatic heterocycles. The summed E-state index contributed by atoms with van der Waals surface area (Å²) in [4.78, 5) is 54.1. The van der Waals surface area contributed by atoms with E-state index in [9.17, 15) is 19.2 Å². The minimum Gasteiger partial charge on any atom is -0.479 e. The van der Waals surface area contributed by atoms with Crippen molar-refractivity contribution < 1.29 is 23.9 Å². The minimum absolute atomic E-state index is 0.00648. The predicted octanol–water partition coefficient (Wildman–Crippen LogP) is 1.47. The Morgan fingerprint density at radius 1 is 1.10 bits per heavy atom. The van der Waals surface area contributed by atoms with Gasteiger partial charge in [0.15, 0.2) is 11.9 Å². The zero-order chi connectivity index (χ0) is 21.1. The molecule has 2 aliphatic heterocycles. The summed E-state index contributed by atoms with van der Waals surface area (Å²) in [5, 5.41) is 0. The zero-order valence-electron chi connectivity index (χ0n) is 17.1. The van der Waals surface area contributed by atoms with Crippen LogP contribution in [0.4, 0.5) is 5.69 Å². The fraction of sp³-hybridized carbons (Fsp3) is 0.524. The number of rotatable bonds is 5. The second-order valence-electron chi connectivity index (χ2n) is 7.43. The van der Waals surface area contributed by atoms with E-state index in [-0.39, 0.29) is 30.0 Å². The van der Waals surface area contributed by atoms with E-state index < -0.39 is 6.10 Å². The molecule has 8 heteroatoms. The highest BCUT2D eigenvalue weighted by Gasteiger charge is 2.34. The van der Waals surface area contributed by atoms with Crippen LogP contribution in [-0.4, -0.2) is 72.1 Å². The maximum absolute atomic E-state index is 12.8. The molecule has 1 aromatic carbocycles. The van der Waals surface area contributed by atoms with Gasteiger partial charge in [-0.2, -0.15) is 0 Å². The van der Waals surface area contributed by atoms with Gasteiger partial charge >= 0.3 is 0 Å². The Kier molecular flexibility index (Phi) is 6.20. The predicted molar refractivity (Wildman–Crippen MR) is 107 cm³/mol. The van der Waals surface area contributed by atoms with Crippen LogP contribution < -0.4 is 9.64 Å². The molecule has 2 aliphatic rings. The Bertz CT molecular complexity index is 830. The number of hydrogen-bond acceptors (Lipinski definition) is 5. The van der Waals surface area contributed by atoms with Gasteiger partial charge in [0.2, 0.25) is 11.8 Å². The van der Waals surface area contributed by atoms with E-state index >= 15 is 0 Å². The molecule has 1 fully saturated rings. The molecular formula is C21H27N3O5. The average Bonchev–Trinajstić information content (AvgIpc) is 2.71. The van der Waals surface area contributed by atoms with Gasteiger partial charge < -0.3 is 14.5 Å². The summed E-state index contributed by atoms with van der Waals surface area (Å²) in [5.74, 6) is -0.0277. The number of ether oxygens (including phenoxy) is 1. The topological polar surface area (TPSA) is 87.2 Å². The van der Waals surface area contributed by atoms with E-state index in [0.717, 1.165) is 6.42 Å². The monoisotopic (exact) mass is 401 g/mol. The molecule has 0 radical (unpaired) electrons. The molecule has 1 atom stereocenters. The van der Waals surface area contributed by atoms with Crippen LogP contribution in [0, 0.1) is 0 Å². The Hall–Kier alpha value is -2.90. The summed E-state index contributed by atoms with van der Waals surface area (Å²) in [6.07, 6.45) is 0.447. The van der Waals surface area contributed by atoms with Crippen molar-refractivity contribution in [3.63, 3.8) is 0 Å². The second kappa shape index (κ2) is 8.63.